The maximum absolute atomic E-state index is 5.56. The SMILES string of the molecule is CCCCOCCNC(=NC)N1CCSC(C)(C)C1. The van der Waals surface area contributed by atoms with Crippen molar-refractivity contribution in [3.05, 3.63) is 0 Å². The average Bonchev–Trinajstić information content (AvgIpc) is 2.37. The summed E-state index contributed by atoms with van der Waals surface area (Å²) in [4.78, 5) is 6.73. The van der Waals surface area contributed by atoms with Gasteiger partial charge in [-0.3, -0.25) is 4.99 Å². The van der Waals surface area contributed by atoms with E-state index in [4.69, 9.17) is 4.74 Å². The smallest absolute Gasteiger partial charge is 0.193 e. The highest BCUT2D eigenvalue weighted by atomic mass is 32.2. The minimum Gasteiger partial charge on any atom is -0.380 e. The van der Waals surface area contributed by atoms with Crippen LogP contribution >= 0.6 is 11.8 Å². The van der Waals surface area contributed by atoms with Gasteiger partial charge in [-0.1, -0.05) is 13.3 Å². The molecule has 1 rings (SSSR count). The zero-order valence-corrected chi connectivity index (χ0v) is 13.7. The van der Waals surface area contributed by atoms with E-state index >= 15 is 0 Å². The van der Waals surface area contributed by atoms with Gasteiger partial charge in [-0.2, -0.15) is 11.8 Å². The Balaban J connectivity index is 2.26. The molecule has 1 aliphatic heterocycles. The second kappa shape index (κ2) is 8.69. The summed E-state index contributed by atoms with van der Waals surface area (Å²) in [6.07, 6.45) is 2.34. The van der Waals surface area contributed by atoms with E-state index in [-0.39, 0.29) is 0 Å². The van der Waals surface area contributed by atoms with Crippen LogP contribution in [0.4, 0.5) is 0 Å². The zero-order valence-electron chi connectivity index (χ0n) is 12.9. The van der Waals surface area contributed by atoms with Crippen LogP contribution in [0.15, 0.2) is 4.99 Å². The lowest BCUT2D eigenvalue weighted by Crippen LogP contribution is -2.51. The molecule has 0 bridgehead atoms. The number of hydrogen-bond donors (Lipinski definition) is 1. The summed E-state index contributed by atoms with van der Waals surface area (Å²) < 4.78 is 5.87. The normalized spacial score (nSPS) is 19.6. The van der Waals surface area contributed by atoms with Crippen LogP contribution in [0.25, 0.3) is 0 Å². The van der Waals surface area contributed by atoms with Gasteiger partial charge in [0.15, 0.2) is 5.96 Å². The number of ether oxygens (including phenoxy) is 1. The molecule has 4 nitrogen and oxygen atoms in total. The van der Waals surface area contributed by atoms with E-state index in [1.165, 1.54) is 12.2 Å². The van der Waals surface area contributed by atoms with Gasteiger partial charge in [0.2, 0.25) is 0 Å². The fourth-order valence-electron chi connectivity index (χ4n) is 2.11. The third kappa shape index (κ3) is 6.52. The number of aliphatic imine (C=N–C) groups is 1. The highest BCUT2D eigenvalue weighted by molar-refractivity contribution is 8.00. The monoisotopic (exact) mass is 287 g/mol. The molecule has 0 aromatic carbocycles. The highest BCUT2D eigenvalue weighted by Gasteiger charge is 2.28. The molecular weight excluding hydrogens is 258 g/mol. The minimum absolute atomic E-state index is 0.313. The number of hydrogen-bond acceptors (Lipinski definition) is 3. The van der Waals surface area contributed by atoms with Crippen molar-refractivity contribution in [2.75, 3.05) is 45.6 Å². The first-order valence-corrected chi connectivity index (χ1v) is 8.25. The molecule has 1 N–H and O–H groups in total. The molecule has 0 saturated carbocycles. The average molecular weight is 287 g/mol. The summed E-state index contributed by atoms with van der Waals surface area (Å²) in [6, 6.07) is 0. The van der Waals surface area contributed by atoms with Gasteiger partial charge in [0, 0.05) is 43.8 Å². The van der Waals surface area contributed by atoms with Gasteiger partial charge in [0.1, 0.15) is 0 Å². The minimum atomic E-state index is 0.313. The molecule has 0 aromatic rings. The van der Waals surface area contributed by atoms with Gasteiger partial charge in [-0.05, 0) is 20.3 Å². The Hall–Kier alpha value is -0.420. The van der Waals surface area contributed by atoms with Crippen molar-refractivity contribution in [2.45, 2.75) is 38.4 Å². The van der Waals surface area contributed by atoms with Crippen molar-refractivity contribution in [3.8, 4) is 0 Å². The third-order valence-corrected chi connectivity index (χ3v) is 4.41. The number of unbranched alkanes of at least 4 members (excludes halogenated alkanes) is 1. The van der Waals surface area contributed by atoms with Gasteiger partial charge in [0.25, 0.3) is 0 Å². The first kappa shape index (κ1) is 16.6. The second-order valence-electron chi connectivity index (χ2n) is 5.47. The van der Waals surface area contributed by atoms with E-state index in [1.54, 1.807) is 0 Å². The Labute approximate surface area is 122 Å². The molecule has 0 aliphatic carbocycles. The standard InChI is InChI=1S/C14H29N3OS/c1-5-6-9-18-10-7-16-13(15-4)17-8-11-19-14(2,3)12-17/h5-12H2,1-4H3,(H,15,16). The van der Waals surface area contributed by atoms with E-state index in [0.29, 0.717) is 4.75 Å². The Morgan fingerprint density at radius 1 is 1.42 bits per heavy atom. The largest absolute Gasteiger partial charge is 0.380 e. The summed E-state index contributed by atoms with van der Waals surface area (Å²) in [5.41, 5.74) is 0. The molecular formula is C14H29N3OS. The van der Waals surface area contributed by atoms with E-state index in [2.05, 4.69) is 36.0 Å². The van der Waals surface area contributed by atoms with Crippen LogP contribution < -0.4 is 5.32 Å². The van der Waals surface area contributed by atoms with Crippen LogP contribution in [0.3, 0.4) is 0 Å². The summed E-state index contributed by atoms with van der Waals surface area (Å²) in [6.45, 7) is 11.4. The van der Waals surface area contributed by atoms with Crippen LogP contribution in [-0.2, 0) is 4.74 Å². The Morgan fingerprint density at radius 2 is 2.21 bits per heavy atom. The molecule has 0 amide bonds. The highest BCUT2D eigenvalue weighted by Crippen LogP contribution is 2.29. The number of rotatable bonds is 6. The van der Waals surface area contributed by atoms with Gasteiger partial charge in [-0.15, -0.1) is 0 Å². The molecule has 0 spiro atoms. The van der Waals surface area contributed by atoms with Crippen LogP contribution in [0, 0.1) is 0 Å². The number of thioether (sulfide) groups is 1. The summed E-state index contributed by atoms with van der Waals surface area (Å²) in [5, 5.41) is 3.40. The zero-order chi connectivity index (χ0) is 14.1. The predicted molar refractivity (Wildman–Crippen MR) is 85.2 cm³/mol. The second-order valence-corrected chi connectivity index (χ2v) is 7.27. The van der Waals surface area contributed by atoms with E-state index < -0.39 is 0 Å². The maximum Gasteiger partial charge on any atom is 0.193 e. The van der Waals surface area contributed by atoms with Gasteiger partial charge >= 0.3 is 0 Å². The van der Waals surface area contributed by atoms with Crippen LogP contribution in [0.2, 0.25) is 0 Å². The number of nitrogens with zero attached hydrogens (tertiary/aromatic N) is 2. The van der Waals surface area contributed by atoms with Crippen molar-refractivity contribution >= 4 is 17.7 Å². The van der Waals surface area contributed by atoms with Crippen LogP contribution in [0.5, 0.6) is 0 Å². The van der Waals surface area contributed by atoms with Crippen molar-refractivity contribution in [3.63, 3.8) is 0 Å². The first-order valence-electron chi connectivity index (χ1n) is 7.26. The maximum atomic E-state index is 5.56. The van der Waals surface area contributed by atoms with Crippen molar-refractivity contribution < 1.29 is 4.74 Å². The molecule has 1 fully saturated rings. The Bertz CT molecular complexity index is 282. The van der Waals surface area contributed by atoms with E-state index in [0.717, 1.165) is 45.2 Å². The molecule has 0 aromatic heterocycles. The molecule has 1 heterocycles. The lowest BCUT2D eigenvalue weighted by molar-refractivity contribution is 0.135. The molecule has 0 unspecified atom stereocenters. The van der Waals surface area contributed by atoms with Crippen molar-refractivity contribution in [2.24, 2.45) is 4.99 Å². The molecule has 0 radical (unpaired) electrons. The summed E-state index contributed by atoms with van der Waals surface area (Å²) in [5.74, 6) is 2.17. The van der Waals surface area contributed by atoms with Gasteiger partial charge in [0.05, 0.1) is 6.61 Å². The molecule has 1 aliphatic rings. The third-order valence-electron chi connectivity index (χ3n) is 3.11. The first-order chi connectivity index (χ1) is 9.09. The van der Waals surface area contributed by atoms with E-state index in [9.17, 15) is 0 Å². The van der Waals surface area contributed by atoms with E-state index in [1.807, 2.05) is 18.8 Å². The van der Waals surface area contributed by atoms with Crippen molar-refractivity contribution in [1.82, 2.24) is 10.2 Å². The molecule has 112 valence electrons. The van der Waals surface area contributed by atoms with Crippen molar-refractivity contribution in [1.29, 1.82) is 0 Å². The topological polar surface area (TPSA) is 36.9 Å². The molecule has 19 heavy (non-hydrogen) atoms. The van der Waals surface area contributed by atoms with Gasteiger partial charge < -0.3 is 15.0 Å². The Kier molecular flexibility index (Phi) is 7.61. The molecule has 0 atom stereocenters. The fourth-order valence-corrected chi connectivity index (χ4v) is 3.22. The number of nitrogens with one attached hydrogen (secondary N) is 1. The summed E-state index contributed by atoms with van der Waals surface area (Å²) >= 11 is 2.04. The predicted octanol–water partition coefficient (Wildman–Crippen LogP) is 2.21. The fraction of sp³-hybridized carbons (Fsp3) is 0.929. The van der Waals surface area contributed by atoms with Crippen LogP contribution in [0.1, 0.15) is 33.6 Å². The molecule has 5 heteroatoms. The molecule has 1 saturated heterocycles. The van der Waals surface area contributed by atoms with Gasteiger partial charge in [-0.25, -0.2) is 0 Å². The summed E-state index contributed by atoms with van der Waals surface area (Å²) in [7, 11) is 1.86. The quantitative estimate of drug-likeness (QED) is 0.462. The lowest BCUT2D eigenvalue weighted by Gasteiger charge is -2.39. The number of guanidine groups is 1. The van der Waals surface area contributed by atoms with Crippen LogP contribution in [-0.4, -0.2) is 61.3 Å². The lowest BCUT2D eigenvalue weighted by atomic mass is 10.2. The Morgan fingerprint density at radius 3 is 2.84 bits per heavy atom.